The first-order chi connectivity index (χ1) is 27.7. The van der Waals surface area contributed by atoms with Crippen molar-refractivity contribution in [1.29, 1.82) is 0 Å². The first-order valence-corrected chi connectivity index (χ1v) is 19.2. The first kappa shape index (κ1) is 32.0. The highest BCUT2D eigenvalue weighted by molar-refractivity contribution is 6.13. The smallest absolute Gasteiger partial charge is 0.137 e. The third kappa shape index (κ3) is 5.42. The third-order valence-electron chi connectivity index (χ3n) is 11.2. The maximum absolute atomic E-state index is 6.41. The van der Waals surface area contributed by atoms with Crippen LogP contribution in [-0.4, -0.2) is 0 Å². The van der Waals surface area contributed by atoms with Gasteiger partial charge in [0.15, 0.2) is 0 Å². The molecular formula is C54H35NO. The molecule has 1 aromatic heterocycles. The second-order valence-electron chi connectivity index (χ2n) is 14.5. The molecule has 0 saturated carbocycles. The van der Waals surface area contributed by atoms with E-state index < -0.39 is 0 Å². The highest BCUT2D eigenvalue weighted by Gasteiger charge is 2.20. The summed E-state index contributed by atoms with van der Waals surface area (Å²) in [5.41, 5.74) is 12.1. The lowest BCUT2D eigenvalue weighted by Crippen LogP contribution is -2.10. The molecule has 1 heterocycles. The molecule has 0 aliphatic carbocycles. The van der Waals surface area contributed by atoms with E-state index in [4.69, 9.17) is 4.42 Å². The quantitative estimate of drug-likeness (QED) is 0.160. The van der Waals surface area contributed by atoms with Crippen LogP contribution < -0.4 is 4.90 Å². The minimum atomic E-state index is 0.868. The Labute approximate surface area is 325 Å². The van der Waals surface area contributed by atoms with Gasteiger partial charge in [0.25, 0.3) is 0 Å². The van der Waals surface area contributed by atoms with Crippen LogP contribution in [0.15, 0.2) is 217 Å². The van der Waals surface area contributed by atoms with Crippen molar-refractivity contribution >= 4 is 71.3 Å². The molecule has 0 saturated heterocycles. The Bertz CT molecular complexity index is 3260. The Balaban J connectivity index is 1.04. The van der Waals surface area contributed by atoms with E-state index in [-0.39, 0.29) is 0 Å². The maximum Gasteiger partial charge on any atom is 0.137 e. The summed E-state index contributed by atoms with van der Waals surface area (Å²) in [5, 5.41) is 9.76. The molecule has 0 unspecified atom stereocenters. The van der Waals surface area contributed by atoms with Crippen molar-refractivity contribution in [3.05, 3.63) is 212 Å². The molecule has 56 heavy (non-hydrogen) atoms. The van der Waals surface area contributed by atoms with Gasteiger partial charge in [0.1, 0.15) is 11.2 Å². The molecular weight excluding hydrogens is 679 g/mol. The Morgan fingerprint density at radius 1 is 0.304 bits per heavy atom. The summed E-state index contributed by atoms with van der Waals surface area (Å²) >= 11 is 0. The average Bonchev–Trinajstić information content (AvgIpc) is 3.66. The van der Waals surface area contributed by atoms with Crippen LogP contribution in [0.4, 0.5) is 17.1 Å². The van der Waals surface area contributed by atoms with Crippen molar-refractivity contribution in [3.63, 3.8) is 0 Å². The van der Waals surface area contributed by atoms with E-state index in [9.17, 15) is 0 Å². The van der Waals surface area contributed by atoms with Crippen molar-refractivity contribution < 1.29 is 4.42 Å². The van der Waals surface area contributed by atoms with Crippen LogP contribution in [0.1, 0.15) is 0 Å². The van der Waals surface area contributed by atoms with E-state index in [1.807, 2.05) is 12.1 Å². The number of anilines is 3. The Hall–Kier alpha value is -7.42. The minimum absolute atomic E-state index is 0.868. The fourth-order valence-electron chi connectivity index (χ4n) is 8.53. The van der Waals surface area contributed by atoms with Crippen LogP contribution in [0, 0.1) is 0 Å². The van der Waals surface area contributed by atoms with Crippen LogP contribution in [0.5, 0.6) is 0 Å². The van der Waals surface area contributed by atoms with E-state index in [1.165, 1.54) is 60.1 Å². The van der Waals surface area contributed by atoms with Crippen molar-refractivity contribution in [2.45, 2.75) is 0 Å². The second kappa shape index (κ2) is 13.2. The SMILES string of the molecule is c1cc(-c2cccc(N(c3ccc(-c4ccc5c(ccc6ccccc65)c4)cc3)c3cccc4oc5ccccc5c34)c2)cc(-c2cccc3ccccc23)c1. The summed E-state index contributed by atoms with van der Waals surface area (Å²) in [6, 6.07) is 76.5. The van der Waals surface area contributed by atoms with Crippen LogP contribution in [0.3, 0.4) is 0 Å². The highest BCUT2D eigenvalue weighted by Crippen LogP contribution is 2.44. The van der Waals surface area contributed by atoms with Gasteiger partial charge in [-0.05, 0) is 120 Å². The minimum Gasteiger partial charge on any atom is -0.456 e. The zero-order valence-electron chi connectivity index (χ0n) is 30.6. The molecule has 0 radical (unpaired) electrons. The van der Waals surface area contributed by atoms with Gasteiger partial charge in [-0.25, -0.2) is 0 Å². The number of rotatable bonds is 6. The van der Waals surface area contributed by atoms with E-state index in [0.29, 0.717) is 0 Å². The molecule has 0 N–H and O–H groups in total. The number of hydrogen-bond donors (Lipinski definition) is 0. The van der Waals surface area contributed by atoms with Gasteiger partial charge in [-0.1, -0.05) is 158 Å². The van der Waals surface area contributed by atoms with Gasteiger partial charge in [-0.3, -0.25) is 0 Å². The maximum atomic E-state index is 6.41. The summed E-state index contributed by atoms with van der Waals surface area (Å²) in [4.78, 5) is 2.37. The van der Waals surface area contributed by atoms with Crippen LogP contribution in [0.2, 0.25) is 0 Å². The largest absolute Gasteiger partial charge is 0.456 e. The summed E-state index contributed by atoms with van der Waals surface area (Å²) in [5.74, 6) is 0. The van der Waals surface area contributed by atoms with E-state index in [1.54, 1.807) is 0 Å². The predicted molar refractivity (Wildman–Crippen MR) is 237 cm³/mol. The van der Waals surface area contributed by atoms with Crippen LogP contribution >= 0.6 is 0 Å². The van der Waals surface area contributed by atoms with Gasteiger partial charge in [-0.15, -0.1) is 0 Å². The molecule has 0 atom stereocenters. The van der Waals surface area contributed by atoms with Crippen molar-refractivity contribution in [2.75, 3.05) is 4.90 Å². The standard InChI is InChI=1S/C54H35NO/c1-3-18-46-37(11-1)13-9-21-48(46)42-16-7-14-39(33-42)40-15-8-17-45(35-40)55(51-22-10-24-53-54(51)50-20-5-6-23-52(50)56-53)44-30-27-36(28-31-44)41-29-32-49-43(34-41)26-25-38-12-2-4-19-47(38)49/h1-35H. The number of furan rings is 1. The van der Waals surface area contributed by atoms with E-state index in [0.717, 1.165) is 44.6 Å². The lowest BCUT2D eigenvalue weighted by Gasteiger charge is -2.27. The number of hydrogen-bond acceptors (Lipinski definition) is 2. The number of nitrogens with zero attached hydrogens (tertiary/aromatic N) is 1. The molecule has 0 fully saturated rings. The predicted octanol–water partition coefficient (Wildman–Crippen LogP) is 15.5. The number of para-hydroxylation sites is 1. The lowest BCUT2D eigenvalue weighted by atomic mass is 9.95. The van der Waals surface area contributed by atoms with Gasteiger partial charge < -0.3 is 9.32 Å². The lowest BCUT2D eigenvalue weighted by molar-refractivity contribution is 0.669. The Kier molecular flexibility index (Phi) is 7.53. The molecule has 2 nitrogen and oxygen atoms in total. The van der Waals surface area contributed by atoms with Gasteiger partial charge in [0.2, 0.25) is 0 Å². The van der Waals surface area contributed by atoms with Gasteiger partial charge in [-0.2, -0.15) is 0 Å². The molecule has 0 aliphatic rings. The molecule has 11 aromatic rings. The Morgan fingerprint density at radius 3 is 1.77 bits per heavy atom. The highest BCUT2D eigenvalue weighted by atomic mass is 16.3. The van der Waals surface area contributed by atoms with E-state index >= 15 is 0 Å². The third-order valence-corrected chi connectivity index (χ3v) is 11.2. The zero-order valence-corrected chi connectivity index (χ0v) is 30.6. The van der Waals surface area contributed by atoms with Crippen LogP contribution in [0.25, 0.3) is 87.6 Å². The van der Waals surface area contributed by atoms with Gasteiger partial charge in [0.05, 0.1) is 11.1 Å². The molecule has 2 heteroatoms. The van der Waals surface area contributed by atoms with Gasteiger partial charge >= 0.3 is 0 Å². The normalized spacial score (nSPS) is 11.6. The average molecular weight is 714 g/mol. The van der Waals surface area contributed by atoms with Gasteiger partial charge in [0, 0.05) is 16.8 Å². The molecule has 262 valence electrons. The molecule has 0 amide bonds. The van der Waals surface area contributed by atoms with E-state index in [2.05, 4.69) is 205 Å². The molecule has 10 aromatic carbocycles. The first-order valence-electron chi connectivity index (χ1n) is 19.2. The number of fused-ring (bicyclic) bond motifs is 7. The van der Waals surface area contributed by atoms with Crippen molar-refractivity contribution in [3.8, 4) is 33.4 Å². The molecule has 0 bridgehead atoms. The topological polar surface area (TPSA) is 16.4 Å². The molecule has 0 spiro atoms. The fraction of sp³-hybridized carbons (Fsp3) is 0. The fourth-order valence-corrected chi connectivity index (χ4v) is 8.53. The van der Waals surface area contributed by atoms with Crippen LogP contribution in [-0.2, 0) is 0 Å². The summed E-state index contributed by atoms with van der Waals surface area (Å²) in [6.45, 7) is 0. The summed E-state index contributed by atoms with van der Waals surface area (Å²) < 4.78 is 6.41. The molecule has 0 aliphatic heterocycles. The van der Waals surface area contributed by atoms with Crippen molar-refractivity contribution in [1.82, 2.24) is 0 Å². The summed E-state index contributed by atoms with van der Waals surface area (Å²) in [7, 11) is 0. The number of benzene rings is 10. The zero-order chi connectivity index (χ0) is 37.0. The Morgan fingerprint density at radius 2 is 0.893 bits per heavy atom. The van der Waals surface area contributed by atoms with Crippen molar-refractivity contribution in [2.24, 2.45) is 0 Å². The summed E-state index contributed by atoms with van der Waals surface area (Å²) in [6.07, 6.45) is 0. The second-order valence-corrected chi connectivity index (χ2v) is 14.5. The monoisotopic (exact) mass is 713 g/mol. The molecule has 11 rings (SSSR count).